The lowest BCUT2D eigenvalue weighted by Crippen LogP contribution is -2.26. The third-order valence-corrected chi connectivity index (χ3v) is 3.48. The van der Waals surface area contributed by atoms with Gasteiger partial charge in [0.2, 0.25) is 0 Å². The van der Waals surface area contributed by atoms with E-state index >= 15 is 0 Å². The second-order valence-electron chi connectivity index (χ2n) is 4.72. The summed E-state index contributed by atoms with van der Waals surface area (Å²) in [6.45, 7) is 1.37. The Morgan fingerprint density at radius 3 is 2.53 bits per heavy atom. The molecule has 0 aliphatic heterocycles. The molecule has 0 saturated heterocycles. The molecule has 1 atom stereocenters. The van der Waals surface area contributed by atoms with Crippen molar-refractivity contribution in [1.82, 2.24) is 0 Å². The van der Waals surface area contributed by atoms with Gasteiger partial charge in [-0.05, 0) is 36.5 Å². The maximum absolute atomic E-state index is 11.0. The van der Waals surface area contributed by atoms with Gasteiger partial charge in [0.05, 0.1) is 7.11 Å². The van der Waals surface area contributed by atoms with Crippen LogP contribution in [0.2, 0.25) is 0 Å². The number of methoxy groups -OCH3 is 1. The molecule has 0 unspecified atom stereocenters. The fourth-order valence-electron chi connectivity index (χ4n) is 2.20. The molecule has 0 spiro atoms. The highest BCUT2D eigenvalue weighted by Crippen LogP contribution is 2.38. The van der Waals surface area contributed by atoms with E-state index in [9.17, 15) is 4.79 Å². The van der Waals surface area contributed by atoms with Crippen molar-refractivity contribution in [2.75, 3.05) is 7.11 Å². The van der Waals surface area contributed by atoms with Crippen LogP contribution in [0.5, 0.6) is 11.5 Å². The molecule has 1 aliphatic carbocycles. The van der Waals surface area contributed by atoms with Crippen LogP contribution in [0.15, 0.2) is 18.2 Å². The minimum atomic E-state index is -0.357. The minimum Gasteiger partial charge on any atom is -0.493 e. The van der Waals surface area contributed by atoms with Crippen LogP contribution in [-0.4, -0.2) is 13.1 Å². The zero-order chi connectivity index (χ0) is 13.1. The quantitative estimate of drug-likeness (QED) is 0.682. The van der Waals surface area contributed by atoms with Gasteiger partial charge in [-0.25, -0.2) is 0 Å². The van der Waals surface area contributed by atoms with Crippen LogP contribution in [0.4, 0.5) is 0 Å². The van der Waals surface area contributed by atoms with E-state index in [1.54, 1.807) is 13.2 Å². The monoisotopic (exact) mass is 285 g/mol. The molecule has 1 aliphatic rings. The Morgan fingerprint density at radius 1 is 1.37 bits per heavy atom. The van der Waals surface area contributed by atoms with E-state index in [1.807, 2.05) is 12.1 Å². The molecule has 0 amide bonds. The number of ether oxygens (including phenoxy) is 2. The van der Waals surface area contributed by atoms with E-state index in [1.165, 1.54) is 26.2 Å². The van der Waals surface area contributed by atoms with Crippen molar-refractivity contribution in [3.05, 3.63) is 23.8 Å². The molecule has 1 fully saturated rings. The van der Waals surface area contributed by atoms with Gasteiger partial charge in [0.1, 0.15) is 0 Å². The van der Waals surface area contributed by atoms with Crippen molar-refractivity contribution in [3.63, 3.8) is 0 Å². The normalized spacial score (nSPS) is 15.9. The third kappa shape index (κ3) is 3.61. The van der Waals surface area contributed by atoms with E-state index in [0.29, 0.717) is 17.4 Å². The van der Waals surface area contributed by atoms with Gasteiger partial charge in [0, 0.05) is 13.0 Å². The molecular weight excluding hydrogens is 266 g/mol. The van der Waals surface area contributed by atoms with Crippen LogP contribution in [0.1, 0.15) is 37.8 Å². The molecule has 0 heterocycles. The first kappa shape index (κ1) is 15.8. The summed E-state index contributed by atoms with van der Waals surface area (Å²) in [7, 11) is 1.56. The predicted molar refractivity (Wildman–Crippen MR) is 75.8 cm³/mol. The number of hydrogen-bond donors (Lipinski definition) is 1. The van der Waals surface area contributed by atoms with Crippen molar-refractivity contribution in [2.45, 2.75) is 32.2 Å². The maximum Gasteiger partial charge on any atom is 0.308 e. The summed E-state index contributed by atoms with van der Waals surface area (Å²) >= 11 is 0. The molecule has 106 valence electrons. The molecule has 0 bridgehead atoms. The fourth-order valence-corrected chi connectivity index (χ4v) is 2.20. The Bertz CT molecular complexity index is 446. The summed E-state index contributed by atoms with van der Waals surface area (Å²) in [6.07, 6.45) is 3.64. The number of carbonyl (C=O) groups is 1. The topological polar surface area (TPSA) is 61.6 Å². The Kier molecular flexibility index (Phi) is 5.63. The van der Waals surface area contributed by atoms with Crippen molar-refractivity contribution < 1.29 is 14.3 Å². The first-order chi connectivity index (χ1) is 8.61. The highest BCUT2D eigenvalue weighted by molar-refractivity contribution is 5.85. The molecule has 2 N–H and O–H groups in total. The molecule has 0 aromatic heterocycles. The zero-order valence-electron chi connectivity index (χ0n) is 11.2. The molecule has 19 heavy (non-hydrogen) atoms. The summed E-state index contributed by atoms with van der Waals surface area (Å²) in [4.78, 5) is 11.0. The molecular formula is C14H20ClNO3. The predicted octanol–water partition coefficient (Wildman–Crippen LogP) is 2.84. The molecule has 2 rings (SSSR count). The van der Waals surface area contributed by atoms with Gasteiger partial charge in [-0.3, -0.25) is 4.79 Å². The van der Waals surface area contributed by atoms with Gasteiger partial charge >= 0.3 is 5.97 Å². The minimum absolute atomic E-state index is 0. The fraction of sp³-hybridized carbons (Fsp3) is 0.500. The summed E-state index contributed by atoms with van der Waals surface area (Å²) in [6, 6.07) is 5.55. The zero-order valence-corrected chi connectivity index (χ0v) is 12.0. The first-order valence-corrected chi connectivity index (χ1v) is 6.23. The Morgan fingerprint density at radius 2 is 2.05 bits per heavy atom. The van der Waals surface area contributed by atoms with Crippen LogP contribution in [0.3, 0.4) is 0 Å². The van der Waals surface area contributed by atoms with E-state index in [4.69, 9.17) is 15.2 Å². The Hall–Kier alpha value is -1.26. The number of hydrogen-bond acceptors (Lipinski definition) is 4. The molecule has 1 aromatic carbocycles. The summed E-state index contributed by atoms with van der Waals surface area (Å²) in [5.74, 6) is 1.20. The Balaban J connectivity index is 0.00000180. The van der Waals surface area contributed by atoms with Crippen LogP contribution >= 0.6 is 12.4 Å². The highest BCUT2D eigenvalue weighted by Gasteiger charge is 2.26. The lowest BCUT2D eigenvalue weighted by Gasteiger charge is -2.31. The van der Waals surface area contributed by atoms with E-state index in [2.05, 4.69) is 0 Å². The number of carbonyl (C=O) groups excluding carboxylic acids is 1. The van der Waals surface area contributed by atoms with Gasteiger partial charge < -0.3 is 15.2 Å². The van der Waals surface area contributed by atoms with Crippen molar-refractivity contribution >= 4 is 18.4 Å². The van der Waals surface area contributed by atoms with Gasteiger partial charge in [-0.1, -0.05) is 12.5 Å². The van der Waals surface area contributed by atoms with Crippen molar-refractivity contribution in [1.29, 1.82) is 0 Å². The summed E-state index contributed by atoms with van der Waals surface area (Å²) in [5.41, 5.74) is 7.25. The average molecular weight is 286 g/mol. The van der Waals surface area contributed by atoms with Crippen LogP contribution < -0.4 is 15.2 Å². The van der Waals surface area contributed by atoms with Gasteiger partial charge in [0.25, 0.3) is 0 Å². The molecule has 5 heteroatoms. The van der Waals surface area contributed by atoms with E-state index < -0.39 is 0 Å². The smallest absolute Gasteiger partial charge is 0.308 e. The lowest BCUT2D eigenvalue weighted by atomic mass is 9.77. The van der Waals surface area contributed by atoms with E-state index in [0.717, 1.165) is 5.56 Å². The number of halogens is 1. The van der Waals surface area contributed by atoms with Gasteiger partial charge in [0.15, 0.2) is 11.5 Å². The van der Waals surface area contributed by atoms with Crippen molar-refractivity contribution in [2.24, 2.45) is 11.7 Å². The lowest BCUT2D eigenvalue weighted by molar-refractivity contribution is -0.132. The molecule has 1 saturated carbocycles. The van der Waals surface area contributed by atoms with Crippen molar-refractivity contribution in [3.8, 4) is 11.5 Å². The van der Waals surface area contributed by atoms with E-state index in [-0.39, 0.29) is 24.4 Å². The first-order valence-electron chi connectivity index (χ1n) is 6.23. The SMILES string of the molecule is COc1cc([C@@H](N)C2CCC2)ccc1OC(C)=O.Cl. The maximum atomic E-state index is 11.0. The number of benzene rings is 1. The number of esters is 1. The largest absolute Gasteiger partial charge is 0.493 e. The number of rotatable bonds is 4. The van der Waals surface area contributed by atoms with Gasteiger partial charge in [-0.2, -0.15) is 0 Å². The summed E-state index contributed by atoms with van der Waals surface area (Å²) < 4.78 is 10.3. The molecule has 1 aromatic rings. The number of nitrogens with two attached hydrogens (primary N) is 1. The standard InChI is InChI=1S/C14H19NO3.ClH/c1-9(16)18-12-7-6-11(8-13(12)17-2)14(15)10-4-3-5-10;/h6-8,10,14H,3-5,15H2,1-2H3;1H/t14-;/m0./s1. The third-order valence-electron chi connectivity index (χ3n) is 3.48. The summed E-state index contributed by atoms with van der Waals surface area (Å²) in [5, 5.41) is 0. The van der Waals surface area contributed by atoms with Crippen LogP contribution in [0, 0.1) is 5.92 Å². The average Bonchev–Trinajstić information content (AvgIpc) is 2.26. The van der Waals surface area contributed by atoms with Crippen LogP contribution in [0.25, 0.3) is 0 Å². The van der Waals surface area contributed by atoms with Gasteiger partial charge in [-0.15, -0.1) is 12.4 Å². The van der Waals surface area contributed by atoms with Crippen LogP contribution in [-0.2, 0) is 4.79 Å². The second-order valence-corrected chi connectivity index (χ2v) is 4.72. The second kappa shape index (κ2) is 6.78. The molecule has 4 nitrogen and oxygen atoms in total. The highest BCUT2D eigenvalue weighted by atomic mass is 35.5. The molecule has 0 radical (unpaired) electrons. The Labute approximate surface area is 119 Å².